The lowest BCUT2D eigenvalue weighted by Crippen LogP contribution is -2.36. The van der Waals surface area contributed by atoms with Gasteiger partial charge in [0.05, 0.1) is 4.90 Å². The highest BCUT2D eigenvalue weighted by atomic mass is 35.5. The van der Waals surface area contributed by atoms with Gasteiger partial charge in [-0.3, -0.25) is 4.79 Å². The van der Waals surface area contributed by atoms with Gasteiger partial charge in [-0.15, -0.1) is 12.4 Å². The standard InChI is InChI=1S/C20H23N3O3S.ClH/c21-18-7-2-8-19-17(18)6-3-11-23(19)20(24)15-4-1-5-16(12-15)27(25,26)22-13-14-9-10-14;/h1-2,4-5,7-8,12,14,22H,3,6,9-11,13,21H2;1H. The summed E-state index contributed by atoms with van der Waals surface area (Å²) >= 11 is 0. The molecule has 1 saturated carbocycles. The van der Waals surface area contributed by atoms with Gasteiger partial charge < -0.3 is 10.6 Å². The van der Waals surface area contributed by atoms with Gasteiger partial charge in [0.2, 0.25) is 10.0 Å². The maximum atomic E-state index is 13.1. The predicted octanol–water partition coefficient (Wildman–Crippen LogP) is 2.97. The first kappa shape index (κ1) is 20.6. The van der Waals surface area contributed by atoms with Crippen molar-refractivity contribution in [2.75, 3.05) is 23.7 Å². The van der Waals surface area contributed by atoms with Crippen molar-refractivity contribution in [2.45, 2.75) is 30.6 Å². The number of nitrogen functional groups attached to an aromatic ring is 1. The van der Waals surface area contributed by atoms with Crippen molar-refractivity contribution in [2.24, 2.45) is 5.92 Å². The third kappa shape index (κ3) is 4.16. The summed E-state index contributed by atoms with van der Waals surface area (Å²) in [5, 5.41) is 0. The molecule has 0 aromatic heterocycles. The molecule has 0 unspecified atom stereocenters. The molecule has 0 atom stereocenters. The molecule has 4 rings (SSSR count). The largest absolute Gasteiger partial charge is 0.398 e. The van der Waals surface area contributed by atoms with Gasteiger partial charge in [0.25, 0.3) is 5.91 Å². The third-order valence-corrected chi connectivity index (χ3v) is 6.60. The van der Waals surface area contributed by atoms with E-state index in [4.69, 9.17) is 5.73 Å². The van der Waals surface area contributed by atoms with E-state index in [1.165, 1.54) is 12.1 Å². The smallest absolute Gasteiger partial charge is 0.258 e. The minimum Gasteiger partial charge on any atom is -0.398 e. The fourth-order valence-electron chi connectivity index (χ4n) is 3.45. The summed E-state index contributed by atoms with van der Waals surface area (Å²) in [7, 11) is -3.61. The van der Waals surface area contributed by atoms with Gasteiger partial charge in [0, 0.05) is 30.0 Å². The number of carbonyl (C=O) groups is 1. The number of nitrogens with two attached hydrogens (primary N) is 1. The Morgan fingerprint density at radius 3 is 2.68 bits per heavy atom. The van der Waals surface area contributed by atoms with Crippen LogP contribution in [0.4, 0.5) is 11.4 Å². The maximum Gasteiger partial charge on any atom is 0.258 e. The van der Waals surface area contributed by atoms with Crippen molar-refractivity contribution in [3.8, 4) is 0 Å². The van der Waals surface area contributed by atoms with Crippen LogP contribution in [0.5, 0.6) is 0 Å². The van der Waals surface area contributed by atoms with Crippen LogP contribution in [0.1, 0.15) is 35.2 Å². The highest BCUT2D eigenvalue weighted by Crippen LogP contribution is 2.32. The van der Waals surface area contributed by atoms with E-state index in [1.54, 1.807) is 17.0 Å². The Kier molecular flexibility index (Phi) is 5.98. The molecule has 1 aliphatic carbocycles. The summed E-state index contributed by atoms with van der Waals surface area (Å²) in [4.78, 5) is 14.9. The lowest BCUT2D eigenvalue weighted by molar-refractivity contribution is 0.0985. The zero-order valence-corrected chi connectivity index (χ0v) is 17.1. The molecule has 3 N–H and O–H groups in total. The van der Waals surface area contributed by atoms with Crippen molar-refractivity contribution in [1.29, 1.82) is 0 Å². The van der Waals surface area contributed by atoms with E-state index < -0.39 is 10.0 Å². The Bertz CT molecular complexity index is 990. The van der Waals surface area contributed by atoms with Crippen LogP contribution >= 0.6 is 12.4 Å². The van der Waals surface area contributed by atoms with Crippen molar-refractivity contribution in [1.82, 2.24) is 4.72 Å². The van der Waals surface area contributed by atoms with E-state index in [9.17, 15) is 13.2 Å². The molecule has 2 aromatic rings. The topological polar surface area (TPSA) is 92.5 Å². The SMILES string of the molecule is Cl.Nc1cccc2c1CCCN2C(=O)c1cccc(S(=O)(=O)NCC2CC2)c1. The zero-order valence-electron chi connectivity index (χ0n) is 15.4. The monoisotopic (exact) mass is 421 g/mol. The summed E-state index contributed by atoms with van der Waals surface area (Å²) in [6, 6.07) is 11.8. The molecule has 150 valence electrons. The molecule has 6 nitrogen and oxygen atoms in total. The molecule has 8 heteroatoms. The first-order chi connectivity index (χ1) is 13.0. The van der Waals surface area contributed by atoms with E-state index in [1.807, 2.05) is 18.2 Å². The van der Waals surface area contributed by atoms with E-state index in [0.717, 1.165) is 36.9 Å². The number of anilines is 2. The Hall–Kier alpha value is -2.09. The van der Waals surface area contributed by atoms with Crippen molar-refractivity contribution < 1.29 is 13.2 Å². The Labute approximate surface area is 171 Å². The minimum atomic E-state index is -3.61. The third-order valence-electron chi connectivity index (χ3n) is 5.18. The number of sulfonamides is 1. The summed E-state index contributed by atoms with van der Waals surface area (Å²) in [6.07, 6.45) is 3.80. The summed E-state index contributed by atoms with van der Waals surface area (Å²) in [6.45, 7) is 1.05. The number of hydrogen-bond acceptors (Lipinski definition) is 4. The molecular weight excluding hydrogens is 398 g/mol. The van der Waals surface area contributed by atoms with Crippen LogP contribution in [0.15, 0.2) is 47.4 Å². The van der Waals surface area contributed by atoms with Crippen LogP contribution in [0.25, 0.3) is 0 Å². The van der Waals surface area contributed by atoms with Crippen molar-refractivity contribution in [3.63, 3.8) is 0 Å². The highest BCUT2D eigenvalue weighted by Gasteiger charge is 2.27. The van der Waals surface area contributed by atoms with Crippen LogP contribution in [-0.4, -0.2) is 27.4 Å². The molecule has 0 saturated heterocycles. The molecule has 0 radical (unpaired) electrons. The van der Waals surface area contributed by atoms with Crippen LogP contribution in [0.2, 0.25) is 0 Å². The van der Waals surface area contributed by atoms with Gasteiger partial charge >= 0.3 is 0 Å². The quantitative estimate of drug-likeness (QED) is 0.726. The minimum absolute atomic E-state index is 0. The Balaban J connectivity index is 0.00000225. The number of halogens is 1. The Morgan fingerprint density at radius 1 is 1.18 bits per heavy atom. The lowest BCUT2D eigenvalue weighted by Gasteiger charge is -2.30. The van der Waals surface area contributed by atoms with E-state index in [-0.39, 0.29) is 23.2 Å². The zero-order chi connectivity index (χ0) is 19.0. The Morgan fingerprint density at radius 2 is 1.93 bits per heavy atom. The normalized spacial score (nSPS) is 16.2. The van der Waals surface area contributed by atoms with E-state index >= 15 is 0 Å². The molecular formula is C20H24ClN3O3S. The summed E-state index contributed by atoms with van der Waals surface area (Å²) in [5.74, 6) is 0.237. The second kappa shape index (κ2) is 8.11. The second-order valence-corrected chi connectivity index (χ2v) is 9.00. The number of carbonyl (C=O) groups excluding carboxylic acids is 1. The van der Waals surface area contributed by atoms with Gasteiger partial charge in [-0.05, 0) is 67.5 Å². The average Bonchev–Trinajstić information content (AvgIpc) is 3.51. The van der Waals surface area contributed by atoms with Gasteiger partial charge in [-0.25, -0.2) is 13.1 Å². The predicted molar refractivity (Wildman–Crippen MR) is 112 cm³/mol. The number of fused-ring (bicyclic) bond motifs is 1. The first-order valence-corrected chi connectivity index (χ1v) is 10.7. The number of amides is 1. The molecule has 0 spiro atoms. The van der Waals surface area contributed by atoms with Crippen LogP contribution in [-0.2, 0) is 16.4 Å². The average molecular weight is 422 g/mol. The molecule has 1 heterocycles. The molecule has 2 aromatic carbocycles. The van der Waals surface area contributed by atoms with Gasteiger partial charge in [-0.2, -0.15) is 0 Å². The van der Waals surface area contributed by atoms with Gasteiger partial charge in [0.1, 0.15) is 0 Å². The van der Waals surface area contributed by atoms with Crippen LogP contribution < -0.4 is 15.4 Å². The van der Waals surface area contributed by atoms with E-state index in [0.29, 0.717) is 30.3 Å². The summed E-state index contributed by atoms with van der Waals surface area (Å²) in [5.41, 5.74) is 8.90. The molecule has 28 heavy (non-hydrogen) atoms. The molecule has 0 bridgehead atoms. The van der Waals surface area contributed by atoms with Gasteiger partial charge in [0.15, 0.2) is 0 Å². The second-order valence-electron chi connectivity index (χ2n) is 7.23. The highest BCUT2D eigenvalue weighted by molar-refractivity contribution is 7.89. The number of nitrogens with zero attached hydrogens (tertiary/aromatic N) is 1. The molecule has 1 amide bonds. The number of hydrogen-bond donors (Lipinski definition) is 2. The van der Waals surface area contributed by atoms with Gasteiger partial charge in [-0.1, -0.05) is 12.1 Å². The lowest BCUT2D eigenvalue weighted by atomic mass is 9.99. The summed E-state index contributed by atoms with van der Waals surface area (Å²) < 4.78 is 27.6. The van der Waals surface area contributed by atoms with Crippen molar-refractivity contribution in [3.05, 3.63) is 53.6 Å². The van der Waals surface area contributed by atoms with E-state index in [2.05, 4.69) is 4.72 Å². The number of nitrogens with one attached hydrogen (secondary N) is 1. The van der Waals surface area contributed by atoms with Crippen molar-refractivity contribution >= 4 is 39.7 Å². The molecule has 1 aliphatic heterocycles. The first-order valence-electron chi connectivity index (χ1n) is 9.25. The number of rotatable bonds is 5. The maximum absolute atomic E-state index is 13.1. The number of benzene rings is 2. The van der Waals surface area contributed by atoms with Crippen LogP contribution in [0, 0.1) is 5.92 Å². The fraction of sp³-hybridized carbons (Fsp3) is 0.350. The fourth-order valence-corrected chi connectivity index (χ4v) is 4.61. The molecule has 2 aliphatic rings. The molecule has 1 fully saturated rings. The van der Waals surface area contributed by atoms with Crippen LogP contribution in [0.3, 0.4) is 0 Å².